The predicted molar refractivity (Wildman–Crippen MR) is 169 cm³/mol. The first-order valence-electron chi connectivity index (χ1n) is 16.6. The topological polar surface area (TPSA) is 15.7 Å². The van der Waals surface area contributed by atoms with Crippen molar-refractivity contribution in [1.82, 2.24) is 4.90 Å². The van der Waals surface area contributed by atoms with Gasteiger partial charge < -0.3 is 9.64 Å². The van der Waals surface area contributed by atoms with E-state index in [1.807, 2.05) is 6.08 Å². The molecule has 0 amide bonds. The van der Waals surface area contributed by atoms with E-state index in [4.69, 9.17) is 4.74 Å². The number of rotatable bonds is 25. The van der Waals surface area contributed by atoms with Gasteiger partial charge in [0.2, 0.25) is 0 Å². The van der Waals surface area contributed by atoms with Crippen molar-refractivity contribution in [2.24, 2.45) is 0 Å². The summed E-state index contributed by atoms with van der Waals surface area (Å²) in [4.78, 5) is 5.20. The summed E-state index contributed by atoms with van der Waals surface area (Å²) >= 11 is 0. The highest BCUT2D eigenvalue weighted by molar-refractivity contribution is 5.49. The Balaban J connectivity index is 1.38. The zero-order valence-electron chi connectivity index (χ0n) is 25.3. The molecule has 0 aromatic heterocycles. The van der Waals surface area contributed by atoms with Crippen molar-refractivity contribution in [3.63, 3.8) is 0 Å². The van der Waals surface area contributed by atoms with Gasteiger partial charge >= 0.3 is 0 Å². The number of nitrogens with zero attached hydrogens (tertiary/aromatic N) is 2. The van der Waals surface area contributed by atoms with Crippen LogP contribution in [0.4, 0.5) is 5.69 Å². The Bertz CT molecular complexity index is 650. The highest BCUT2D eigenvalue weighted by atomic mass is 16.5. The molecule has 0 bridgehead atoms. The zero-order chi connectivity index (χ0) is 26.9. The van der Waals surface area contributed by atoms with Gasteiger partial charge in [0.1, 0.15) is 5.75 Å². The molecule has 0 atom stereocenters. The quantitative estimate of drug-likeness (QED) is 0.0931. The van der Waals surface area contributed by atoms with Gasteiger partial charge in [-0.15, -0.1) is 6.58 Å². The number of unbranched alkanes of at least 4 members (excludes halogenated alkanes) is 18. The van der Waals surface area contributed by atoms with E-state index in [-0.39, 0.29) is 0 Å². The van der Waals surface area contributed by atoms with Gasteiger partial charge in [-0.3, -0.25) is 4.90 Å². The number of piperazine rings is 1. The molecule has 3 heteroatoms. The molecule has 1 aliphatic heterocycles. The third kappa shape index (κ3) is 16.5. The fourth-order valence-electron chi connectivity index (χ4n) is 5.62. The number of anilines is 1. The van der Waals surface area contributed by atoms with Crippen LogP contribution in [0.1, 0.15) is 135 Å². The lowest BCUT2D eigenvalue weighted by molar-refractivity contribution is 0.252. The van der Waals surface area contributed by atoms with Crippen LogP contribution < -0.4 is 9.64 Å². The molecule has 1 fully saturated rings. The SMILES string of the molecule is C=CCCCCCOc1ccc(N2CCN(CCCCCCCCCCCCCCCCCC)CC2)cc1. The third-order valence-corrected chi connectivity index (χ3v) is 8.22. The Labute approximate surface area is 237 Å². The first kappa shape index (κ1) is 32.7. The van der Waals surface area contributed by atoms with E-state index in [1.165, 1.54) is 141 Å². The van der Waals surface area contributed by atoms with Crippen molar-refractivity contribution in [3.05, 3.63) is 36.9 Å². The first-order valence-corrected chi connectivity index (χ1v) is 16.6. The van der Waals surface area contributed by atoms with Gasteiger partial charge in [-0.2, -0.15) is 0 Å². The molecule has 1 aromatic carbocycles. The van der Waals surface area contributed by atoms with Crippen LogP contribution in [0.2, 0.25) is 0 Å². The summed E-state index contributed by atoms with van der Waals surface area (Å²) in [5, 5.41) is 0. The molecule has 1 aliphatic rings. The molecule has 0 unspecified atom stereocenters. The van der Waals surface area contributed by atoms with Crippen molar-refractivity contribution in [3.8, 4) is 5.75 Å². The molecule has 2 rings (SSSR count). The lowest BCUT2D eigenvalue weighted by Crippen LogP contribution is -2.46. The van der Waals surface area contributed by atoms with Crippen LogP contribution in [-0.2, 0) is 0 Å². The second kappa shape index (κ2) is 23.4. The lowest BCUT2D eigenvalue weighted by Gasteiger charge is -2.36. The molecule has 0 aliphatic carbocycles. The Morgan fingerprint density at radius 3 is 1.66 bits per heavy atom. The summed E-state index contributed by atoms with van der Waals surface area (Å²) < 4.78 is 5.91. The van der Waals surface area contributed by atoms with E-state index >= 15 is 0 Å². The van der Waals surface area contributed by atoms with Crippen molar-refractivity contribution in [1.29, 1.82) is 0 Å². The Morgan fingerprint density at radius 1 is 0.632 bits per heavy atom. The average molecular weight is 527 g/mol. The van der Waals surface area contributed by atoms with Gasteiger partial charge in [-0.05, 0) is 62.9 Å². The van der Waals surface area contributed by atoms with Crippen LogP contribution in [0.25, 0.3) is 0 Å². The number of hydrogen-bond donors (Lipinski definition) is 0. The standard InChI is InChI=1S/C35H62N2O/c1-3-5-7-9-10-11-12-13-14-15-16-17-18-19-20-22-28-36-29-31-37(32-30-36)34-24-26-35(27-25-34)38-33-23-21-8-6-4-2/h4,24-27H,2-3,5-23,28-33H2,1H3. The number of allylic oxidation sites excluding steroid dienone is 1. The molecule has 0 spiro atoms. The van der Waals surface area contributed by atoms with Gasteiger partial charge in [0.05, 0.1) is 6.61 Å². The van der Waals surface area contributed by atoms with Crippen LogP contribution in [0.15, 0.2) is 36.9 Å². The monoisotopic (exact) mass is 526 g/mol. The molecule has 0 N–H and O–H groups in total. The maximum Gasteiger partial charge on any atom is 0.119 e. The molecular weight excluding hydrogens is 464 g/mol. The van der Waals surface area contributed by atoms with Gasteiger partial charge in [0.15, 0.2) is 0 Å². The number of hydrogen-bond acceptors (Lipinski definition) is 3. The van der Waals surface area contributed by atoms with E-state index in [1.54, 1.807) is 0 Å². The molecule has 0 radical (unpaired) electrons. The summed E-state index contributed by atoms with van der Waals surface area (Å²) in [5.41, 5.74) is 1.34. The minimum atomic E-state index is 0.814. The smallest absolute Gasteiger partial charge is 0.119 e. The molecule has 3 nitrogen and oxygen atoms in total. The normalized spacial score (nSPS) is 14.2. The van der Waals surface area contributed by atoms with E-state index in [0.717, 1.165) is 38.3 Å². The van der Waals surface area contributed by atoms with Crippen LogP contribution in [0, 0.1) is 0 Å². The van der Waals surface area contributed by atoms with Crippen molar-refractivity contribution in [2.45, 2.75) is 135 Å². The van der Waals surface area contributed by atoms with Crippen molar-refractivity contribution < 1.29 is 4.74 Å². The minimum absolute atomic E-state index is 0.814. The fraction of sp³-hybridized carbons (Fsp3) is 0.771. The summed E-state index contributed by atoms with van der Waals surface area (Å²) in [6, 6.07) is 8.75. The molecule has 38 heavy (non-hydrogen) atoms. The molecule has 0 saturated carbocycles. The third-order valence-electron chi connectivity index (χ3n) is 8.22. The Hall–Kier alpha value is -1.48. The van der Waals surface area contributed by atoms with Gasteiger partial charge in [-0.25, -0.2) is 0 Å². The summed E-state index contributed by atoms with van der Waals surface area (Å²) in [6.45, 7) is 12.9. The lowest BCUT2D eigenvalue weighted by atomic mass is 10.0. The van der Waals surface area contributed by atoms with Crippen LogP contribution in [0.5, 0.6) is 5.75 Å². The highest BCUT2D eigenvalue weighted by Gasteiger charge is 2.16. The molecule has 1 saturated heterocycles. The van der Waals surface area contributed by atoms with Crippen molar-refractivity contribution >= 4 is 5.69 Å². The van der Waals surface area contributed by atoms with Crippen LogP contribution >= 0.6 is 0 Å². The van der Waals surface area contributed by atoms with E-state index in [9.17, 15) is 0 Å². The Kier molecular flexibility index (Phi) is 20.2. The van der Waals surface area contributed by atoms with Gasteiger partial charge in [-0.1, -0.05) is 109 Å². The van der Waals surface area contributed by atoms with Crippen LogP contribution in [0.3, 0.4) is 0 Å². The maximum atomic E-state index is 5.91. The van der Waals surface area contributed by atoms with Gasteiger partial charge in [0.25, 0.3) is 0 Å². The molecule has 1 aromatic rings. The second-order valence-electron chi connectivity index (χ2n) is 11.6. The summed E-state index contributed by atoms with van der Waals surface area (Å²) in [7, 11) is 0. The average Bonchev–Trinajstić information content (AvgIpc) is 2.95. The molecule has 1 heterocycles. The first-order chi connectivity index (χ1) is 18.8. The Morgan fingerprint density at radius 2 is 1.13 bits per heavy atom. The van der Waals surface area contributed by atoms with Gasteiger partial charge in [0, 0.05) is 31.9 Å². The van der Waals surface area contributed by atoms with E-state index in [0.29, 0.717) is 0 Å². The number of ether oxygens (including phenoxy) is 1. The maximum absolute atomic E-state index is 5.91. The summed E-state index contributed by atoms with van der Waals surface area (Å²) in [6.07, 6.45) is 29.8. The van der Waals surface area contributed by atoms with Crippen molar-refractivity contribution in [2.75, 3.05) is 44.2 Å². The molecular formula is C35H62N2O. The van der Waals surface area contributed by atoms with E-state index < -0.39 is 0 Å². The second-order valence-corrected chi connectivity index (χ2v) is 11.6. The van der Waals surface area contributed by atoms with E-state index in [2.05, 4.69) is 47.6 Å². The van der Waals surface area contributed by atoms with Crippen LogP contribution in [-0.4, -0.2) is 44.2 Å². The largest absolute Gasteiger partial charge is 0.494 e. The zero-order valence-corrected chi connectivity index (χ0v) is 25.3. The molecule has 218 valence electrons. The number of benzene rings is 1. The minimum Gasteiger partial charge on any atom is -0.494 e. The highest BCUT2D eigenvalue weighted by Crippen LogP contribution is 2.21. The predicted octanol–water partition coefficient (Wildman–Crippen LogP) is 10.2. The fourth-order valence-corrected chi connectivity index (χ4v) is 5.62. The summed E-state index contributed by atoms with van der Waals surface area (Å²) in [5.74, 6) is 1.000.